The molecule has 78 valence electrons. The first-order valence-corrected chi connectivity index (χ1v) is 6.08. The zero-order valence-corrected chi connectivity index (χ0v) is 9.31. The molecular weight excluding hydrogens is 158 g/mol. The molecule has 1 heteroatoms. The Morgan fingerprint density at radius 3 is 2.69 bits per heavy atom. The minimum Gasteiger partial charge on any atom is -0.314 e. The molecule has 0 heterocycles. The molecule has 0 spiro atoms. The average Bonchev–Trinajstić information content (AvgIpc) is 2.32. The van der Waals surface area contributed by atoms with Gasteiger partial charge in [-0.3, -0.25) is 0 Å². The van der Waals surface area contributed by atoms with Gasteiger partial charge >= 0.3 is 0 Å². The van der Waals surface area contributed by atoms with Crippen molar-refractivity contribution in [2.75, 3.05) is 6.54 Å². The predicted octanol–water partition coefficient (Wildman–Crippen LogP) is 3.34. The van der Waals surface area contributed by atoms with Crippen molar-refractivity contribution < 1.29 is 0 Å². The number of unbranched alkanes of at least 4 members (excludes halogenated alkanes) is 1. The molecule has 0 saturated heterocycles. The summed E-state index contributed by atoms with van der Waals surface area (Å²) >= 11 is 0. The molecule has 2 atom stereocenters. The van der Waals surface area contributed by atoms with Crippen LogP contribution in [0, 0.1) is 5.92 Å². The Morgan fingerprint density at radius 1 is 1.15 bits per heavy atom. The van der Waals surface area contributed by atoms with Gasteiger partial charge in [-0.1, -0.05) is 39.5 Å². The zero-order valence-electron chi connectivity index (χ0n) is 9.31. The maximum Gasteiger partial charge on any atom is 0.00926 e. The van der Waals surface area contributed by atoms with Crippen LogP contribution in [-0.2, 0) is 0 Å². The topological polar surface area (TPSA) is 12.0 Å². The lowest BCUT2D eigenvalue weighted by Crippen LogP contribution is -2.34. The van der Waals surface area contributed by atoms with E-state index in [0.717, 1.165) is 12.0 Å². The molecule has 0 aliphatic heterocycles. The monoisotopic (exact) mass is 183 g/mol. The van der Waals surface area contributed by atoms with E-state index >= 15 is 0 Å². The number of hydrogen-bond donors (Lipinski definition) is 1. The Balaban J connectivity index is 2.19. The summed E-state index contributed by atoms with van der Waals surface area (Å²) in [6.45, 7) is 5.90. The fourth-order valence-corrected chi connectivity index (χ4v) is 2.26. The van der Waals surface area contributed by atoms with Crippen molar-refractivity contribution in [2.45, 2.75) is 64.8 Å². The normalized spacial score (nSPS) is 30.0. The van der Waals surface area contributed by atoms with Crippen LogP contribution < -0.4 is 5.32 Å². The first kappa shape index (κ1) is 11.0. The first-order valence-electron chi connectivity index (χ1n) is 6.08. The molecule has 1 aliphatic carbocycles. The van der Waals surface area contributed by atoms with E-state index in [9.17, 15) is 0 Å². The van der Waals surface area contributed by atoms with Gasteiger partial charge in [0.1, 0.15) is 0 Å². The van der Waals surface area contributed by atoms with Gasteiger partial charge in [0, 0.05) is 6.04 Å². The smallest absolute Gasteiger partial charge is 0.00926 e. The first-order chi connectivity index (χ1) is 6.34. The van der Waals surface area contributed by atoms with Crippen LogP contribution in [0.2, 0.25) is 0 Å². The van der Waals surface area contributed by atoms with E-state index in [4.69, 9.17) is 0 Å². The number of hydrogen-bond acceptors (Lipinski definition) is 1. The van der Waals surface area contributed by atoms with Crippen molar-refractivity contribution >= 4 is 0 Å². The van der Waals surface area contributed by atoms with Crippen LogP contribution >= 0.6 is 0 Å². The summed E-state index contributed by atoms with van der Waals surface area (Å²) in [4.78, 5) is 0. The molecule has 0 amide bonds. The lowest BCUT2D eigenvalue weighted by Gasteiger charge is -2.22. The van der Waals surface area contributed by atoms with Crippen LogP contribution in [0.15, 0.2) is 0 Å². The van der Waals surface area contributed by atoms with Gasteiger partial charge in [0.2, 0.25) is 0 Å². The highest BCUT2D eigenvalue weighted by molar-refractivity contribution is 4.76. The molecule has 1 nitrogen and oxygen atoms in total. The van der Waals surface area contributed by atoms with Crippen molar-refractivity contribution in [2.24, 2.45) is 5.92 Å². The van der Waals surface area contributed by atoms with E-state index in [1.54, 1.807) is 0 Å². The Hall–Kier alpha value is -0.0400. The molecule has 1 fully saturated rings. The second-order valence-electron chi connectivity index (χ2n) is 4.53. The van der Waals surface area contributed by atoms with E-state index in [2.05, 4.69) is 19.2 Å². The van der Waals surface area contributed by atoms with E-state index in [-0.39, 0.29) is 0 Å². The standard InChI is InChI=1S/C12H25N/c1-3-4-10-13-12-9-7-5-6-8-11(12)2/h11-13H,3-10H2,1-2H3. The van der Waals surface area contributed by atoms with E-state index in [1.807, 2.05) is 0 Å². The Bertz CT molecular complexity index is 122. The second kappa shape index (κ2) is 6.42. The molecule has 2 unspecified atom stereocenters. The Labute approximate surface area is 83.3 Å². The van der Waals surface area contributed by atoms with Gasteiger partial charge in [-0.05, 0) is 31.7 Å². The largest absolute Gasteiger partial charge is 0.314 e. The molecule has 1 aliphatic rings. The number of rotatable bonds is 4. The van der Waals surface area contributed by atoms with Crippen LogP contribution in [0.4, 0.5) is 0 Å². The maximum absolute atomic E-state index is 3.71. The van der Waals surface area contributed by atoms with Crippen LogP contribution in [0.1, 0.15) is 58.8 Å². The van der Waals surface area contributed by atoms with Gasteiger partial charge in [-0.15, -0.1) is 0 Å². The predicted molar refractivity (Wildman–Crippen MR) is 58.9 cm³/mol. The summed E-state index contributed by atoms with van der Waals surface area (Å²) in [5.41, 5.74) is 0. The molecule has 0 aromatic heterocycles. The fraction of sp³-hybridized carbons (Fsp3) is 1.00. The molecule has 1 saturated carbocycles. The fourth-order valence-electron chi connectivity index (χ4n) is 2.26. The molecular formula is C12H25N. The molecule has 0 aromatic rings. The lowest BCUT2D eigenvalue weighted by molar-refractivity contribution is 0.356. The van der Waals surface area contributed by atoms with Crippen LogP contribution in [0.5, 0.6) is 0 Å². The summed E-state index contributed by atoms with van der Waals surface area (Å²) in [6.07, 6.45) is 9.84. The maximum atomic E-state index is 3.71. The minimum atomic E-state index is 0.814. The second-order valence-corrected chi connectivity index (χ2v) is 4.53. The third-order valence-electron chi connectivity index (χ3n) is 3.30. The molecule has 0 aromatic carbocycles. The summed E-state index contributed by atoms with van der Waals surface area (Å²) in [5.74, 6) is 0.902. The summed E-state index contributed by atoms with van der Waals surface area (Å²) < 4.78 is 0. The van der Waals surface area contributed by atoms with Crippen molar-refractivity contribution in [3.8, 4) is 0 Å². The quantitative estimate of drug-likeness (QED) is 0.520. The van der Waals surface area contributed by atoms with Gasteiger partial charge in [0.15, 0.2) is 0 Å². The molecule has 1 N–H and O–H groups in total. The van der Waals surface area contributed by atoms with Crippen molar-refractivity contribution in [3.05, 3.63) is 0 Å². The third kappa shape index (κ3) is 4.12. The summed E-state index contributed by atoms with van der Waals surface area (Å²) in [5, 5.41) is 3.71. The van der Waals surface area contributed by atoms with Gasteiger partial charge in [-0.25, -0.2) is 0 Å². The van der Waals surface area contributed by atoms with Gasteiger partial charge in [-0.2, -0.15) is 0 Å². The Morgan fingerprint density at radius 2 is 1.92 bits per heavy atom. The Kier molecular flexibility index (Phi) is 5.45. The zero-order chi connectivity index (χ0) is 9.52. The average molecular weight is 183 g/mol. The summed E-state index contributed by atoms with van der Waals surface area (Å²) in [7, 11) is 0. The highest BCUT2D eigenvalue weighted by atomic mass is 14.9. The molecule has 1 rings (SSSR count). The van der Waals surface area contributed by atoms with Crippen LogP contribution in [0.3, 0.4) is 0 Å². The van der Waals surface area contributed by atoms with Gasteiger partial charge < -0.3 is 5.32 Å². The van der Waals surface area contributed by atoms with Gasteiger partial charge in [0.05, 0.1) is 0 Å². The SMILES string of the molecule is CCCCNC1CCCCCC1C. The molecule has 0 bridgehead atoms. The lowest BCUT2D eigenvalue weighted by atomic mass is 9.97. The van der Waals surface area contributed by atoms with E-state index in [1.165, 1.54) is 51.5 Å². The molecule has 13 heavy (non-hydrogen) atoms. The summed E-state index contributed by atoms with van der Waals surface area (Å²) in [6, 6.07) is 0.814. The minimum absolute atomic E-state index is 0.814. The van der Waals surface area contributed by atoms with E-state index < -0.39 is 0 Å². The van der Waals surface area contributed by atoms with Crippen molar-refractivity contribution in [3.63, 3.8) is 0 Å². The van der Waals surface area contributed by atoms with Crippen molar-refractivity contribution in [1.29, 1.82) is 0 Å². The van der Waals surface area contributed by atoms with Crippen LogP contribution in [0.25, 0.3) is 0 Å². The van der Waals surface area contributed by atoms with Crippen molar-refractivity contribution in [1.82, 2.24) is 5.32 Å². The van der Waals surface area contributed by atoms with Gasteiger partial charge in [0.25, 0.3) is 0 Å². The highest BCUT2D eigenvalue weighted by Crippen LogP contribution is 2.22. The molecule has 0 radical (unpaired) electrons. The third-order valence-corrected chi connectivity index (χ3v) is 3.30. The van der Waals surface area contributed by atoms with E-state index in [0.29, 0.717) is 0 Å². The van der Waals surface area contributed by atoms with Crippen LogP contribution in [-0.4, -0.2) is 12.6 Å². The number of nitrogens with one attached hydrogen (secondary N) is 1. The highest BCUT2D eigenvalue weighted by Gasteiger charge is 2.18.